The fourth-order valence-corrected chi connectivity index (χ4v) is 3.34. The Kier molecular flexibility index (Phi) is 3.95. The highest BCUT2D eigenvalue weighted by molar-refractivity contribution is 5.79. The van der Waals surface area contributed by atoms with E-state index in [0.29, 0.717) is 19.0 Å². The Morgan fingerprint density at radius 2 is 2.17 bits per heavy atom. The quantitative estimate of drug-likeness (QED) is 0.853. The van der Waals surface area contributed by atoms with Gasteiger partial charge >= 0.3 is 0 Å². The van der Waals surface area contributed by atoms with Gasteiger partial charge in [0.15, 0.2) is 5.65 Å². The zero-order valence-corrected chi connectivity index (χ0v) is 13.2. The molecular weight excluding hydrogens is 292 g/mol. The Labute approximate surface area is 134 Å². The first kappa shape index (κ1) is 14.6. The number of amides is 1. The molecule has 7 nitrogen and oxygen atoms in total. The predicted molar refractivity (Wildman–Crippen MR) is 85.9 cm³/mol. The number of rotatable bonds is 5. The third-order valence-electron chi connectivity index (χ3n) is 4.94. The average molecular weight is 314 g/mol. The third kappa shape index (κ3) is 2.81. The van der Waals surface area contributed by atoms with Crippen molar-refractivity contribution >= 4 is 17.1 Å². The van der Waals surface area contributed by atoms with Crippen LogP contribution in [-0.4, -0.2) is 45.3 Å². The molecule has 2 N–H and O–H groups in total. The van der Waals surface area contributed by atoms with Crippen molar-refractivity contribution in [1.82, 2.24) is 30.4 Å². The predicted octanol–water partition coefficient (Wildman–Crippen LogP) is 0.819. The highest BCUT2D eigenvalue weighted by Gasteiger charge is 2.26. The van der Waals surface area contributed by atoms with Crippen LogP contribution in [-0.2, 0) is 11.3 Å². The number of nitrogens with zero attached hydrogens (tertiary/aromatic N) is 4. The van der Waals surface area contributed by atoms with E-state index in [4.69, 9.17) is 5.10 Å². The van der Waals surface area contributed by atoms with Crippen molar-refractivity contribution in [3.63, 3.8) is 0 Å². The molecule has 2 fully saturated rings. The average Bonchev–Trinajstić information content (AvgIpc) is 3.13. The summed E-state index contributed by atoms with van der Waals surface area (Å²) in [6.45, 7) is 3.19. The van der Waals surface area contributed by atoms with Crippen molar-refractivity contribution in [2.24, 2.45) is 5.92 Å². The molecule has 0 unspecified atom stereocenters. The minimum absolute atomic E-state index is 0.180. The lowest BCUT2D eigenvalue weighted by atomic mass is 9.85. The number of fused-ring (bicyclic) bond motifs is 1. The molecule has 0 radical (unpaired) electrons. The van der Waals surface area contributed by atoms with Gasteiger partial charge in [0.2, 0.25) is 5.91 Å². The molecule has 122 valence electrons. The summed E-state index contributed by atoms with van der Waals surface area (Å²) in [5, 5.41) is 11.1. The lowest BCUT2D eigenvalue weighted by Crippen LogP contribution is -2.36. The molecule has 0 aromatic carbocycles. The fourth-order valence-electron chi connectivity index (χ4n) is 3.34. The molecule has 1 saturated carbocycles. The van der Waals surface area contributed by atoms with Crippen LogP contribution in [0.2, 0.25) is 0 Å². The van der Waals surface area contributed by atoms with E-state index in [9.17, 15) is 4.79 Å². The number of carbonyl (C=O) groups excluding carboxylic acids is 1. The van der Waals surface area contributed by atoms with Gasteiger partial charge in [-0.25, -0.2) is 14.6 Å². The summed E-state index contributed by atoms with van der Waals surface area (Å²) >= 11 is 0. The number of hydrogen-bond donors (Lipinski definition) is 2. The molecule has 4 rings (SSSR count). The third-order valence-corrected chi connectivity index (χ3v) is 4.94. The first-order valence-corrected chi connectivity index (χ1v) is 8.49. The molecule has 1 aliphatic carbocycles. The van der Waals surface area contributed by atoms with E-state index in [1.807, 2.05) is 4.68 Å². The second-order valence-electron chi connectivity index (χ2n) is 6.45. The summed E-state index contributed by atoms with van der Waals surface area (Å²) in [5.74, 6) is 0.809. The first-order valence-electron chi connectivity index (χ1n) is 8.49. The van der Waals surface area contributed by atoms with Gasteiger partial charge in [0, 0.05) is 37.3 Å². The second kappa shape index (κ2) is 6.23. The Hall–Kier alpha value is -2.02. The Morgan fingerprint density at radius 3 is 2.91 bits per heavy atom. The summed E-state index contributed by atoms with van der Waals surface area (Å²) in [6, 6.07) is 0. The van der Waals surface area contributed by atoms with Gasteiger partial charge in [-0.05, 0) is 25.8 Å². The molecule has 0 spiro atoms. The first-order chi connectivity index (χ1) is 11.3. The van der Waals surface area contributed by atoms with Gasteiger partial charge in [-0.15, -0.1) is 0 Å². The molecule has 1 amide bonds. The van der Waals surface area contributed by atoms with E-state index >= 15 is 0 Å². The van der Waals surface area contributed by atoms with Crippen molar-refractivity contribution in [1.29, 1.82) is 0 Å². The zero-order chi connectivity index (χ0) is 15.6. The van der Waals surface area contributed by atoms with Crippen molar-refractivity contribution < 1.29 is 4.79 Å². The van der Waals surface area contributed by atoms with Crippen LogP contribution in [0.5, 0.6) is 0 Å². The summed E-state index contributed by atoms with van der Waals surface area (Å²) in [4.78, 5) is 20.8. The molecule has 2 aromatic rings. The molecule has 3 heterocycles. The molecule has 1 atom stereocenters. The molecule has 7 heteroatoms. The lowest BCUT2D eigenvalue weighted by molar-refractivity contribution is -0.127. The fraction of sp³-hybridized carbons (Fsp3) is 0.625. The van der Waals surface area contributed by atoms with Crippen LogP contribution in [0.4, 0.5) is 0 Å². The van der Waals surface area contributed by atoms with Crippen LogP contribution in [0.1, 0.15) is 37.3 Å². The SMILES string of the molecule is O=C(NCCn1nc([C@H]2CCNC2)c2nccnc21)C1CCC1. The van der Waals surface area contributed by atoms with Crippen LogP contribution >= 0.6 is 0 Å². The molecule has 23 heavy (non-hydrogen) atoms. The Bertz CT molecular complexity index is 702. The van der Waals surface area contributed by atoms with Gasteiger partial charge in [-0.2, -0.15) is 5.10 Å². The van der Waals surface area contributed by atoms with E-state index in [1.165, 1.54) is 6.42 Å². The van der Waals surface area contributed by atoms with Gasteiger partial charge in [0.1, 0.15) is 5.52 Å². The molecule has 0 bridgehead atoms. The van der Waals surface area contributed by atoms with Crippen LogP contribution in [0.25, 0.3) is 11.2 Å². The molecule has 1 saturated heterocycles. The van der Waals surface area contributed by atoms with Gasteiger partial charge < -0.3 is 10.6 Å². The minimum atomic E-state index is 0.180. The van der Waals surface area contributed by atoms with Crippen LogP contribution < -0.4 is 10.6 Å². The van der Waals surface area contributed by atoms with E-state index in [2.05, 4.69) is 20.6 Å². The number of carbonyl (C=O) groups is 1. The van der Waals surface area contributed by atoms with Gasteiger partial charge in [-0.3, -0.25) is 4.79 Å². The van der Waals surface area contributed by atoms with Crippen molar-refractivity contribution in [3.8, 4) is 0 Å². The summed E-state index contributed by atoms with van der Waals surface area (Å²) in [7, 11) is 0. The molecular formula is C16H22N6O. The van der Waals surface area contributed by atoms with E-state index in [-0.39, 0.29) is 11.8 Å². The maximum atomic E-state index is 11.9. The lowest BCUT2D eigenvalue weighted by Gasteiger charge is -2.23. The summed E-state index contributed by atoms with van der Waals surface area (Å²) in [5.41, 5.74) is 2.74. The number of hydrogen-bond acceptors (Lipinski definition) is 5. The maximum Gasteiger partial charge on any atom is 0.223 e. The van der Waals surface area contributed by atoms with Crippen LogP contribution in [0, 0.1) is 5.92 Å². The normalized spacial score (nSPS) is 21.5. The molecule has 2 aromatic heterocycles. The smallest absolute Gasteiger partial charge is 0.223 e. The summed E-state index contributed by atoms with van der Waals surface area (Å²) < 4.78 is 1.89. The number of aromatic nitrogens is 4. The Morgan fingerprint density at radius 1 is 1.30 bits per heavy atom. The second-order valence-corrected chi connectivity index (χ2v) is 6.45. The van der Waals surface area contributed by atoms with Crippen LogP contribution in [0.15, 0.2) is 12.4 Å². The Balaban J connectivity index is 1.49. The van der Waals surface area contributed by atoms with E-state index < -0.39 is 0 Å². The molecule has 2 aliphatic rings. The van der Waals surface area contributed by atoms with Gasteiger partial charge in [0.25, 0.3) is 0 Å². The topological polar surface area (TPSA) is 84.7 Å². The van der Waals surface area contributed by atoms with Crippen molar-refractivity contribution in [2.45, 2.75) is 38.1 Å². The highest BCUT2D eigenvalue weighted by atomic mass is 16.1. The van der Waals surface area contributed by atoms with Gasteiger partial charge in [0.05, 0.1) is 12.2 Å². The maximum absolute atomic E-state index is 11.9. The van der Waals surface area contributed by atoms with Crippen molar-refractivity contribution in [3.05, 3.63) is 18.1 Å². The standard InChI is InChI=1S/C16H22N6O/c23-16(11-2-1-3-11)20-8-9-22-15-14(18-6-7-19-15)13(21-22)12-4-5-17-10-12/h6-7,11-12,17H,1-5,8-10H2,(H,20,23)/t12-/m0/s1. The summed E-state index contributed by atoms with van der Waals surface area (Å²) in [6.07, 6.45) is 7.74. The van der Waals surface area contributed by atoms with Crippen LogP contribution in [0.3, 0.4) is 0 Å². The van der Waals surface area contributed by atoms with E-state index in [0.717, 1.165) is 49.2 Å². The minimum Gasteiger partial charge on any atom is -0.354 e. The zero-order valence-electron chi connectivity index (χ0n) is 13.2. The van der Waals surface area contributed by atoms with E-state index in [1.54, 1.807) is 12.4 Å². The van der Waals surface area contributed by atoms with Crippen molar-refractivity contribution in [2.75, 3.05) is 19.6 Å². The highest BCUT2D eigenvalue weighted by Crippen LogP contribution is 2.27. The largest absolute Gasteiger partial charge is 0.354 e. The monoisotopic (exact) mass is 314 g/mol. The van der Waals surface area contributed by atoms with Gasteiger partial charge in [-0.1, -0.05) is 6.42 Å². The molecule has 1 aliphatic heterocycles. The number of nitrogens with one attached hydrogen (secondary N) is 2.